The highest BCUT2D eigenvalue weighted by Crippen LogP contribution is 2.49. The van der Waals surface area contributed by atoms with Crippen molar-refractivity contribution < 1.29 is 27.9 Å². The summed E-state index contributed by atoms with van der Waals surface area (Å²) in [6.07, 6.45) is -5.39. The zero-order valence-electron chi connectivity index (χ0n) is 16.7. The van der Waals surface area contributed by atoms with E-state index in [0.29, 0.717) is 16.7 Å². The Kier molecular flexibility index (Phi) is 7.34. The Morgan fingerprint density at radius 2 is 1.94 bits per heavy atom. The van der Waals surface area contributed by atoms with Crippen LogP contribution < -0.4 is 5.32 Å². The van der Waals surface area contributed by atoms with Crippen LogP contribution >= 0.6 is 35.8 Å². The van der Waals surface area contributed by atoms with Crippen molar-refractivity contribution in [1.82, 2.24) is 5.32 Å². The van der Waals surface area contributed by atoms with Gasteiger partial charge in [0.05, 0.1) is 18.4 Å². The number of rotatable bonds is 6. The third-order valence-electron chi connectivity index (χ3n) is 5.10. The number of nitrogens with zero attached hydrogens (tertiary/aromatic N) is 1. The fourth-order valence-electron chi connectivity index (χ4n) is 3.36. The number of aliphatic hydroxyl groups is 1. The molecule has 2 aromatic rings. The van der Waals surface area contributed by atoms with E-state index in [1.165, 1.54) is 18.2 Å². The zero-order chi connectivity index (χ0) is 23.7. The number of amides is 1. The number of carbonyl (C=O) groups excluding carboxylic acids is 1. The van der Waals surface area contributed by atoms with Gasteiger partial charge in [-0.3, -0.25) is 4.79 Å². The number of aliphatic hydroxyl groups excluding tert-OH is 1. The summed E-state index contributed by atoms with van der Waals surface area (Å²) in [7, 11) is 0. The number of hydrogen-bond donors (Lipinski definition) is 3. The van der Waals surface area contributed by atoms with Crippen LogP contribution in [0.4, 0.5) is 13.2 Å². The predicted octanol–water partition coefficient (Wildman–Crippen LogP) is 4.90. The molecule has 1 aliphatic rings. The van der Waals surface area contributed by atoms with Crippen LogP contribution in [0.25, 0.3) is 0 Å². The van der Waals surface area contributed by atoms with Crippen molar-refractivity contribution >= 4 is 47.4 Å². The second kappa shape index (κ2) is 9.51. The molecular formula is C21H19Cl2F3N2O3S. The van der Waals surface area contributed by atoms with Crippen molar-refractivity contribution in [3.8, 4) is 0 Å². The number of oxime groups is 1. The summed E-state index contributed by atoms with van der Waals surface area (Å²) < 4.78 is 42.4. The number of nitrogens with one attached hydrogen (secondary N) is 1. The van der Waals surface area contributed by atoms with Gasteiger partial charge in [0.2, 0.25) is 0 Å². The molecule has 1 amide bonds. The third kappa shape index (κ3) is 4.85. The van der Waals surface area contributed by atoms with Gasteiger partial charge in [-0.05, 0) is 48.4 Å². The van der Waals surface area contributed by atoms with Crippen LogP contribution in [0, 0.1) is 6.92 Å². The van der Waals surface area contributed by atoms with Gasteiger partial charge >= 0.3 is 6.18 Å². The Labute approximate surface area is 197 Å². The minimum atomic E-state index is -4.80. The molecule has 0 bridgehead atoms. The lowest BCUT2D eigenvalue weighted by Gasteiger charge is -2.29. The number of carbonyl (C=O) groups is 1. The summed E-state index contributed by atoms with van der Waals surface area (Å²) in [4.78, 5) is 17.4. The molecule has 11 heteroatoms. The molecule has 2 N–H and O–H groups in total. The maximum Gasteiger partial charge on any atom is 0.435 e. The molecule has 1 unspecified atom stereocenters. The molecule has 172 valence electrons. The molecule has 0 spiro atoms. The van der Waals surface area contributed by atoms with Gasteiger partial charge in [0.25, 0.3) is 11.5 Å². The van der Waals surface area contributed by atoms with Gasteiger partial charge in [0.1, 0.15) is 0 Å². The molecule has 3 rings (SSSR count). The Morgan fingerprint density at radius 1 is 1.28 bits per heavy atom. The maximum atomic E-state index is 14.1. The van der Waals surface area contributed by atoms with Crippen LogP contribution in [-0.4, -0.2) is 41.3 Å². The smallest absolute Gasteiger partial charge is 0.394 e. The molecule has 0 saturated heterocycles. The molecule has 0 fully saturated rings. The van der Waals surface area contributed by atoms with Crippen molar-refractivity contribution in [2.75, 3.05) is 12.4 Å². The lowest BCUT2D eigenvalue weighted by atomic mass is 9.86. The summed E-state index contributed by atoms with van der Waals surface area (Å²) in [5, 5.41) is 15.7. The van der Waals surface area contributed by atoms with E-state index in [2.05, 4.69) is 23.1 Å². The minimum Gasteiger partial charge on any atom is -0.394 e. The molecule has 1 aliphatic heterocycles. The van der Waals surface area contributed by atoms with E-state index in [4.69, 9.17) is 28.0 Å². The van der Waals surface area contributed by atoms with E-state index in [1.807, 2.05) is 0 Å². The van der Waals surface area contributed by atoms with E-state index in [1.54, 1.807) is 13.0 Å². The first-order valence-corrected chi connectivity index (χ1v) is 10.8. The number of alkyl halides is 3. The summed E-state index contributed by atoms with van der Waals surface area (Å²) in [6.45, 7) is 1.38. The second-order valence-corrected chi connectivity index (χ2v) is 8.59. The van der Waals surface area contributed by atoms with Gasteiger partial charge in [-0.1, -0.05) is 34.4 Å². The van der Waals surface area contributed by atoms with Crippen LogP contribution in [0.5, 0.6) is 0 Å². The number of aryl methyl sites for hydroxylation is 1. The van der Waals surface area contributed by atoms with Gasteiger partial charge in [-0.25, -0.2) is 0 Å². The van der Waals surface area contributed by atoms with Gasteiger partial charge < -0.3 is 15.3 Å². The maximum absolute atomic E-state index is 14.1. The molecule has 32 heavy (non-hydrogen) atoms. The standard InChI is InChI=1S/C21H19Cl2F3N2O3S/c1-11-4-12(2-3-17(11)19(30)27-16(9-29)10-32)18-8-20(31-28-18,21(24,25)26)13-5-14(22)7-15(23)6-13/h2-7,16,29,32H,8-10H2,1H3,(H,27,30)/t16-,20?/m1/s1. The van der Waals surface area contributed by atoms with Crippen LogP contribution in [0.15, 0.2) is 41.6 Å². The van der Waals surface area contributed by atoms with Crippen molar-refractivity contribution in [2.45, 2.75) is 31.2 Å². The molecule has 0 saturated carbocycles. The Hall–Kier alpha value is -1.94. The Balaban J connectivity index is 1.90. The first kappa shape index (κ1) is 24.7. The van der Waals surface area contributed by atoms with Gasteiger partial charge in [-0.2, -0.15) is 25.8 Å². The van der Waals surface area contributed by atoms with Crippen LogP contribution in [0.3, 0.4) is 0 Å². The van der Waals surface area contributed by atoms with Crippen LogP contribution in [-0.2, 0) is 10.4 Å². The largest absolute Gasteiger partial charge is 0.435 e. The Morgan fingerprint density at radius 3 is 2.47 bits per heavy atom. The molecule has 5 nitrogen and oxygen atoms in total. The molecule has 2 atom stereocenters. The normalized spacial score (nSPS) is 19.3. The lowest BCUT2D eigenvalue weighted by Crippen LogP contribution is -2.42. The fraction of sp³-hybridized carbons (Fsp3) is 0.333. The zero-order valence-corrected chi connectivity index (χ0v) is 19.1. The molecule has 1 heterocycles. The van der Waals surface area contributed by atoms with E-state index in [0.717, 1.165) is 12.1 Å². The number of thiol groups is 1. The highest BCUT2D eigenvalue weighted by molar-refractivity contribution is 7.80. The van der Waals surface area contributed by atoms with Gasteiger partial charge in [0, 0.05) is 33.3 Å². The highest BCUT2D eigenvalue weighted by atomic mass is 35.5. The topological polar surface area (TPSA) is 70.9 Å². The van der Waals surface area contributed by atoms with E-state index >= 15 is 0 Å². The number of hydrogen-bond acceptors (Lipinski definition) is 5. The van der Waals surface area contributed by atoms with E-state index in [9.17, 15) is 23.1 Å². The third-order valence-corrected chi connectivity index (χ3v) is 5.97. The molecule has 0 aromatic heterocycles. The Bertz CT molecular complexity index is 1040. The fourth-order valence-corrected chi connectivity index (χ4v) is 4.09. The quantitative estimate of drug-likeness (QED) is 0.487. The summed E-state index contributed by atoms with van der Waals surface area (Å²) in [5.74, 6) is -0.175. The highest BCUT2D eigenvalue weighted by Gasteiger charge is 2.62. The van der Waals surface area contributed by atoms with Crippen molar-refractivity contribution in [2.24, 2.45) is 5.16 Å². The van der Waals surface area contributed by atoms with Crippen molar-refractivity contribution in [1.29, 1.82) is 0 Å². The van der Waals surface area contributed by atoms with Crippen molar-refractivity contribution in [3.63, 3.8) is 0 Å². The molecular weight excluding hydrogens is 488 g/mol. The first-order valence-electron chi connectivity index (χ1n) is 9.42. The monoisotopic (exact) mass is 506 g/mol. The average Bonchev–Trinajstić information content (AvgIpc) is 3.18. The number of halogens is 5. The molecule has 2 aromatic carbocycles. The minimum absolute atomic E-state index is 0.0433. The molecule has 0 aliphatic carbocycles. The van der Waals surface area contributed by atoms with E-state index in [-0.39, 0.29) is 33.7 Å². The molecule has 0 radical (unpaired) electrons. The first-order chi connectivity index (χ1) is 15.0. The SMILES string of the molecule is Cc1cc(C2=NOC(c3cc(Cl)cc(Cl)c3)(C(F)(F)F)C2)ccc1C(=O)N[C@H](CO)CS. The second-order valence-electron chi connectivity index (χ2n) is 7.35. The van der Waals surface area contributed by atoms with Crippen LogP contribution in [0.1, 0.15) is 33.5 Å². The van der Waals surface area contributed by atoms with Gasteiger partial charge in [-0.15, -0.1) is 0 Å². The lowest BCUT2D eigenvalue weighted by molar-refractivity contribution is -0.275. The van der Waals surface area contributed by atoms with Gasteiger partial charge in [0.15, 0.2) is 0 Å². The van der Waals surface area contributed by atoms with Crippen LogP contribution in [0.2, 0.25) is 10.0 Å². The summed E-state index contributed by atoms with van der Waals surface area (Å²) >= 11 is 15.9. The van der Waals surface area contributed by atoms with Crippen molar-refractivity contribution in [3.05, 3.63) is 68.7 Å². The summed E-state index contributed by atoms with van der Waals surface area (Å²) in [6, 6.07) is 7.65. The van der Waals surface area contributed by atoms with E-state index < -0.39 is 30.1 Å². The predicted molar refractivity (Wildman–Crippen MR) is 120 cm³/mol. The number of benzene rings is 2. The average molecular weight is 507 g/mol. The summed E-state index contributed by atoms with van der Waals surface area (Å²) in [5.41, 5.74) is -1.70.